The second kappa shape index (κ2) is 11.1. The lowest BCUT2D eigenvalue weighted by molar-refractivity contribution is -0.134. The van der Waals surface area contributed by atoms with Crippen molar-refractivity contribution in [3.05, 3.63) is 58.1 Å². The van der Waals surface area contributed by atoms with Crippen LogP contribution in [0.25, 0.3) is 6.08 Å². The number of aliphatic hydroxyl groups is 1. The van der Waals surface area contributed by atoms with Gasteiger partial charge in [0, 0.05) is 6.42 Å². The summed E-state index contributed by atoms with van der Waals surface area (Å²) in [6, 6.07) is 7.89. The average molecular weight is 432 g/mol. The summed E-state index contributed by atoms with van der Waals surface area (Å²) >= 11 is 0. The molecule has 0 spiro atoms. The maximum Gasteiger partial charge on any atom is 0.348 e. The number of carbonyl (C=O) groups excluding carboxylic acids is 2. The normalized spacial score (nSPS) is 12.3. The fourth-order valence-corrected chi connectivity index (χ4v) is 3.01. The zero-order chi connectivity index (χ0) is 23.0. The summed E-state index contributed by atoms with van der Waals surface area (Å²) in [6.07, 6.45) is 3.78. The average Bonchev–Trinajstić information content (AvgIpc) is 3.05. The van der Waals surface area contributed by atoms with Gasteiger partial charge in [-0.25, -0.2) is 15.3 Å². The first-order chi connectivity index (χ1) is 14.8. The molecule has 1 atom stereocenters. The molecule has 1 aromatic heterocycles. The van der Waals surface area contributed by atoms with Gasteiger partial charge in [0.2, 0.25) is 11.8 Å². The highest BCUT2D eigenvalue weighted by Crippen LogP contribution is 2.18. The van der Waals surface area contributed by atoms with Crippen LogP contribution in [0.3, 0.4) is 0 Å². The zero-order valence-corrected chi connectivity index (χ0v) is 17.5. The number of nitrogens with one attached hydrogen (secondary N) is 2. The predicted octanol–water partition coefficient (Wildman–Crippen LogP) is 1.25. The van der Waals surface area contributed by atoms with Crippen LogP contribution in [0.1, 0.15) is 44.4 Å². The summed E-state index contributed by atoms with van der Waals surface area (Å²) in [5, 5.41) is 29.8. The Labute approximate surface area is 179 Å². The van der Waals surface area contributed by atoms with Crippen LogP contribution < -0.4 is 16.2 Å². The number of amides is 2. The smallest absolute Gasteiger partial charge is 0.348 e. The number of rotatable bonds is 10. The van der Waals surface area contributed by atoms with Crippen molar-refractivity contribution in [1.82, 2.24) is 15.1 Å². The molecule has 0 aliphatic heterocycles. The minimum atomic E-state index is -1.34. The first kappa shape index (κ1) is 23.9. The lowest BCUT2D eigenvalue weighted by Gasteiger charge is -2.30. The quantitative estimate of drug-likeness (QED) is 0.282. The van der Waals surface area contributed by atoms with Crippen molar-refractivity contribution in [2.45, 2.75) is 45.8 Å². The number of nitrogens with zero attached hydrogens (tertiary/aromatic N) is 2. The summed E-state index contributed by atoms with van der Waals surface area (Å²) in [5.74, 6) is -2.04. The third kappa shape index (κ3) is 6.06. The standard InChI is InChI=1S/C21H28N4O6/c1-14(2)11-12-18(27)24(25-20(29)16(13-26)22-21(25)30)17(19(28)23-31)10-6-9-15-7-4-3-5-8-15/h3-9,14,17,26,29,31H,10-13H2,1-2H3,(H,22,30)(H,23,28)/t17-/m0/s1. The number of hydrogen-bond donors (Lipinski definition) is 5. The maximum absolute atomic E-state index is 13.0. The molecule has 1 heterocycles. The Morgan fingerprint density at radius 3 is 2.48 bits per heavy atom. The van der Waals surface area contributed by atoms with Crippen LogP contribution in [-0.2, 0) is 16.2 Å². The number of imidazole rings is 1. The van der Waals surface area contributed by atoms with Crippen molar-refractivity contribution >= 4 is 17.9 Å². The van der Waals surface area contributed by atoms with Crippen molar-refractivity contribution < 1.29 is 25.0 Å². The van der Waals surface area contributed by atoms with Crippen LogP contribution in [0, 0.1) is 5.92 Å². The number of hydrogen-bond acceptors (Lipinski definition) is 6. The van der Waals surface area contributed by atoms with Crippen LogP contribution >= 0.6 is 0 Å². The third-order valence-electron chi connectivity index (χ3n) is 4.66. The molecule has 2 amide bonds. The van der Waals surface area contributed by atoms with Crippen molar-refractivity contribution in [2.24, 2.45) is 5.92 Å². The number of aromatic amines is 1. The largest absolute Gasteiger partial charge is 0.492 e. The fourth-order valence-electron chi connectivity index (χ4n) is 3.01. The molecular formula is C21H28N4O6. The highest BCUT2D eigenvalue weighted by Gasteiger charge is 2.34. The monoisotopic (exact) mass is 432 g/mol. The summed E-state index contributed by atoms with van der Waals surface area (Å²) in [7, 11) is 0. The summed E-state index contributed by atoms with van der Waals surface area (Å²) in [5.41, 5.74) is 1.27. The Kier molecular flexibility index (Phi) is 8.59. The maximum atomic E-state index is 13.0. The molecular weight excluding hydrogens is 404 g/mol. The molecule has 2 rings (SSSR count). The molecule has 5 N–H and O–H groups in total. The van der Waals surface area contributed by atoms with Crippen LogP contribution in [0.5, 0.6) is 5.88 Å². The van der Waals surface area contributed by atoms with Crippen molar-refractivity contribution in [2.75, 3.05) is 5.01 Å². The summed E-state index contributed by atoms with van der Waals surface area (Å²) < 4.78 is 0.616. The fraction of sp³-hybridized carbons (Fsp3) is 0.381. The van der Waals surface area contributed by atoms with Gasteiger partial charge in [0.25, 0.3) is 5.91 Å². The summed E-state index contributed by atoms with van der Waals surface area (Å²) in [6.45, 7) is 3.16. The number of benzene rings is 1. The van der Waals surface area contributed by atoms with Gasteiger partial charge < -0.3 is 15.2 Å². The predicted molar refractivity (Wildman–Crippen MR) is 114 cm³/mol. The van der Waals surface area contributed by atoms with E-state index >= 15 is 0 Å². The molecule has 0 aliphatic carbocycles. The van der Waals surface area contributed by atoms with Crippen molar-refractivity contribution in [3.8, 4) is 5.88 Å². The molecule has 10 heteroatoms. The van der Waals surface area contributed by atoms with Gasteiger partial charge in [-0.1, -0.05) is 56.3 Å². The van der Waals surface area contributed by atoms with E-state index < -0.39 is 36.0 Å². The van der Waals surface area contributed by atoms with E-state index in [1.54, 1.807) is 12.2 Å². The number of H-pyrrole nitrogens is 1. The Hall–Kier alpha value is -3.37. The van der Waals surface area contributed by atoms with E-state index in [2.05, 4.69) is 4.98 Å². The first-order valence-corrected chi connectivity index (χ1v) is 9.91. The molecule has 0 aliphatic rings. The van der Waals surface area contributed by atoms with Gasteiger partial charge in [-0.2, -0.15) is 4.68 Å². The highest BCUT2D eigenvalue weighted by molar-refractivity contribution is 5.95. The molecule has 1 aromatic carbocycles. The molecule has 31 heavy (non-hydrogen) atoms. The minimum Gasteiger partial charge on any atom is -0.492 e. The van der Waals surface area contributed by atoms with E-state index in [1.807, 2.05) is 44.2 Å². The van der Waals surface area contributed by atoms with E-state index in [1.165, 1.54) is 5.48 Å². The number of aromatic nitrogens is 2. The number of aliphatic hydroxyl groups excluding tert-OH is 1. The molecule has 0 saturated carbocycles. The molecule has 2 aromatic rings. The second-order valence-electron chi connectivity index (χ2n) is 7.41. The Morgan fingerprint density at radius 2 is 1.94 bits per heavy atom. The number of carbonyl (C=O) groups is 2. The van der Waals surface area contributed by atoms with Gasteiger partial charge >= 0.3 is 5.69 Å². The lowest BCUT2D eigenvalue weighted by Crippen LogP contribution is -2.57. The highest BCUT2D eigenvalue weighted by atomic mass is 16.5. The van der Waals surface area contributed by atoms with Crippen LogP contribution in [0.2, 0.25) is 0 Å². The zero-order valence-electron chi connectivity index (χ0n) is 17.5. The SMILES string of the molecule is CC(C)CCC(=O)N([C@@H](CC=Cc1ccccc1)C(=O)NO)n1c(O)c(CO)[nH]c1=O. The number of hydroxylamine groups is 1. The van der Waals surface area contributed by atoms with E-state index in [0.29, 0.717) is 11.1 Å². The van der Waals surface area contributed by atoms with E-state index in [4.69, 9.17) is 0 Å². The van der Waals surface area contributed by atoms with Gasteiger partial charge in [0.15, 0.2) is 0 Å². The van der Waals surface area contributed by atoms with Gasteiger partial charge in [-0.05, 0) is 24.3 Å². The first-order valence-electron chi connectivity index (χ1n) is 9.91. The second-order valence-corrected chi connectivity index (χ2v) is 7.41. The summed E-state index contributed by atoms with van der Waals surface area (Å²) in [4.78, 5) is 40.2. The van der Waals surface area contributed by atoms with Crippen LogP contribution in [0.4, 0.5) is 0 Å². The Balaban J connectivity index is 2.47. The molecule has 0 bridgehead atoms. The van der Waals surface area contributed by atoms with Crippen LogP contribution in [0.15, 0.2) is 41.2 Å². The molecule has 10 nitrogen and oxygen atoms in total. The van der Waals surface area contributed by atoms with Crippen LogP contribution in [-0.4, -0.2) is 42.9 Å². The molecule has 0 radical (unpaired) electrons. The van der Waals surface area contributed by atoms with Crippen molar-refractivity contribution in [1.29, 1.82) is 0 Å². The molecule has 168 valence electrons. The third-order valence-corrected chi connectivity index (χ3v) is 4.66. The van der Waals surface area contributed by atoms with E-state index in [-0.39, 0.29) is 24.5 Å². The topological polar surface area (TPSA) is 148 Å². The molecule has 0 fully saturated rings. The van der Waals surface area contributed by atoms with Gasteiger partial charge in [-0.15, -0.1) is 0 Å². The Bertz CT molecular complexity index is 964. The number of aromatic hydroxyl groups is 1. The lowest BCUT2D eigenvalue weighted by atomic mass is 10.1. The Morgan fingerprint density at radius 1 is 1.26 bits per heavy atom. The van der Waals surface area contributed by atoms with E-state index in [9.17, 15) is 29.8 Å². The molecule has 0 unspecified atom stereocenters. The van der Waals surface area contributed by atoms with Gasteiger partial charge in [0.05, 0.1) is 6.61 Å². The van der Waals surface area contributed by atoms with Gasteiger partial charge in [0.1, 0.15) is 11.7 Å². The minimum absolute atomic E-state index is 0.000787. The van der Waals surface area contributed by atoms with E-state index in [0.717, 1.165) is 10.6 Å². The van der Waals surface area contributed by atoms with Crippen molar-refractivity contribution in [3.63, 3.8) is 0 Å². The van der Waals surface area contributed by atoms with Gasteiger partial charge in [-0.3, -0.25) is 14.8 Å². The molecule has 0 saturated heterocycles.